The molecule has 0 heterocycles. The molecule has 0 radical (unpaired) electrons. The van der Waals surface area contributed by atoms with Crippen LogP contribution in [0.25, 0.3) is 0 Å². The van der Waals surface area contributed by atoms with Gasteiger partial charge in [0.15, 0.2) is 0 Å². The van der Waals surface area contributed by atoms with Crippen molar-refractivity contribution in [2.45, 2.75) is 209 Å². The molecule has 0 aromatic carbocycles. The Kier molecular flexibility index (Phi) is 27.9. The average Bonchev–Trinajstić information content (AvgIpc) is 2.96. The Bertz CT molecular complexity index is 626. The van der Waals surface area contributed by atoms with Crippen molar-refractivity contribution in [3.8, 4) is 0 Å². The van der Waals surface area contributed by atoms with Crippen LogP contribution in [0.5, 0.6) is 0 Å². The van der Waals surface area contributed by atoms with Gasteiger partial charge in [-0.15, -0.1) is 0 Å². The van der Waals surface area contributed by atoms with Crippen molar-refractivity contribution < 1.29 is 8.88 Å². The van der Waals surface area contributed by atoms with E-state index in [1.54, 1.807) is 0 Å². The Morgan fingerprint density at radius 1 is 0.409 bits per heavy atom. The molecule has 0 aromatic rings. The van der Waals surface area contributed by atoms with E-state index < -0.39 is 14.2 Å². The van der Waals surface area contributed by atoms with Crippen LogP contribution >= 0.6 is 14.2 Å². The van der Waals surface area contributed by atoms with Crippen LogP contribution in [0.15, 0.2) is 0 Å². The summed E-state index contributed by atoms with van der Waals surface area (Å²) in [6, 6.07) is 0. The topological polar surface area (TPSA) is 26.3 Å². The van der Waals surface area contributed by atoms with Crippen molar-refractivity contribution in [1.82, 2.24) is 0 Å². The normalized spacial score (nSPS) is 13.6. The first-order chi connectivity index (χ1) is 21.1. The Morgan fingerprint density at radius 3 is 0.886 bits per heavy atom. The molecule has 2 nitrogen and oxygen atoms in total. The minimum atomic E-state index is -2.71. The maximum atomic E-state index is 15.1. The SMILES string of the molecule is CCCCCCCCCCCCCCP(CCCCCC)(CCCCCC)(CCCCCC)OP(=O)(CC(C)C)CC(C)C. The fourth-order valence-electron chi connectivity index (χ4n) is 7.68. The molecule has 44 heavy (non-hydrogen) atoms. The second-order valence-corrected chi connectivity index (χ2v) is 24.4. The zero-order chi connectivity index (χ0) is 33.0. The van der Waals surface area contributed by atoms with Crippen molar-refractivity contribution in [2.75, 3.05) is 37.0 Å². The van der Waals surface area contributed by atoms with Crippen molar-refractivity contribution in [1.29, 1.82) is 0 Å². The Labute approximate surface area is 280 Å². The van der Waals surface area contributed by atoms with Crippen LogP contribution in [0.3, 0.4) is 0 Å². The van der Waals surface area contributed by atoms with Gasteiger partial charge in [-0.05, 0) is 0 Å². The third-order valence-electron chi connectivity index (χ3n) is 9.98. The van der Waals surface area contributed by atoms with Crippen molar-refractivity contribution >= 4 is 14.2 Å². The van der Waals surface area contributed by atoms with Crippen LogP contribution in [-0.4, -0.2) is 37.0 Å². The first-order valence-corrected chi connectivity index (χ1v) is 25.3. The molecule has 0 saturated heterocycles. The summed E-state index contributed by atoms with van der Waals surface area (Å²) in [7, 11) is -2.71. The van der Waals surface area contributed by atoms with E-state index >= 15 is 4.57 Å². The van der Waals surface area contributed by atoms with Crippen molar-refractivity contribution in [3.05, 3.63) is 0 Å². The van der Waals surface area contributed by atoms with Gasteiger partial charge in [-0.1, -0.05) is 13.3 Å². The number of rotatable bonds is 34. The molecule has 4 heteroatoms. The molecule has 0 bridgehead atoms. The van der Waals surface area contributed by atoms with E-state index in [9.17, 15) is 0 Å². The summed E-state index contributed by atoms with van der Waals surface area (Å²) in [5.41, 5.74) is 0. The molecule has 0 rings (SSSR count). The summed E-state index contributed by atoms with van der Waals surface area (Å²) >= 11 is 0. The Hall–Kier alpha value is 0.620. The Balaban J connectivity index is 5.98. The second-order valence-electron chi connectivity index (χ2n) is 15.9. The summed E-state index contributed by atoms with van der Waals surface area (Å²) in [5, 5.41) is 0. The third-order valence-corrected chi connectivity index (χ3v) is 21.4. The quantitative estimate of drug-likeness (QED) is 0.0507. The molecule has 0 aliphatic carbocycles. The Morgan fingerprint density at radius 2 is 0.636 bits per heavy atom. The van der Waals surface area contributed by atoms with E-state index in [0.717, 1.165) is 12.3 Å². The molecular weight excluding hydrogens is 574 g/mol. The predicted octanol–water partition coefficient (Wildman–Crippen LogP) is 15.5. The number of hydrogen-bond donors (Lipinski definition) is 0. The number of unbranched alkanes of at least 4 members (excludes halogenated alkanes) is 20. The van der Waals surface area contributed by atoms with Gasteiger partial charge in [-0.2, -0.15) is 0 Å². The zero-order valence-electron chi connectivity index (χ0n) is 32.1. The van der Waals surface area contributed by atoms with Crippen molar-refractivity contribution in [3.63, 3.8) is 0 Å². The molecule has 0 amide bonds. The van der Waals surface area contributed by atoms with E-state index in [1.165, 1.54) is 179 Å². The van der Waals surface area contributed by atoms with Crippen LogP contribution < -0.4 is 0 Å². The first-order valence-electron chi connectivity index (χ1n) is 20.4. The molecule has 0 saturated carbocycles. The molecule has 0 fully saturated rings. The summed E-state index contributed by atoms with van der Waals surface area (Å²) in [5.74, 6) is 0.850. The molecule has 0 aliphatic heterocycles. The standard InChI is InChI=1S/C40H86O2P2/c1-9-13-17-21-22-23-24-25-26-27-28-32-36-44(33-29-18-14-10-2,34-30-19-15-11-3,35-31-20-16-12-4)42-43(41,37-39(5)6)38-40(7)8/h39-40H,9-38H2,1-8H3. The monoisotopic (exact) mass is 661 g/mol. The zero-order valence-corrected chi connectivity index (χ0v) is 33.9. The van der Waals surface area contributed by atoms with E-state index in [1.807, 2.05) is 0 Å². The van der Waals surface area contributed by atoms with Gasteiger partial charge in [-0.25, -0.2) is 0 Å². The van der Waals surface area contributed by atoms with Gasteiger partial charge in [0.25, 0.3) is 0 Å². The van der Waals surface area contributed by atoms with Gasteiger partial charge in [0.05, 0.1) is 0 Å². The molecule has 0 aromatic heterocycles. The van der Waals surface area contributed by atoms with Gasteiger partial charge in [-0.3, -0.25) is 0 Å². The predicted molar refractivity (Wildman–Crippen MR) is 208 cm³/mol. The van der Waals surface area contributed by atoms with E-state index in [2.05, 4.69) is 55.4 Å². The molecule has 0 N–H and O–H groups in total. The summed E-state index contributed by atoms with van der Waals surface area (Å²) in [6.45, 7) is 15.7. The molecular formula is C40H86O2P2. The van der Waals surface area contributed by atoms with E-state index in [0.29, 0.717) is 11.8 Å². The minimum absolute atomic E-state index is 0.425. The van der Waals surface area contributed by atoms with Crippen LogP contribution in [0.2, 0.25) is 0 Å². The first kappa shape index (κ1) is 44.6. The van der Waals surface area contributed by atoms with E-state index in [4.69, 9.17) is 4.31 Å². The fourth-order valence-corrected chi connectivity index (χ4v) is 20.7. The molecule has 0 atom stereocenters. The maximum absolute atomic E-state index is 15.1. The molecule has 0 aliphatic rings. The van der Waals surface area contributed by atoms with Crippen LogP contribution in [0.4, 0.5) is 0 Å². The average molecular weight is 661 g/mol. The van der Waals surface area contributed by atoms with Crippen LogP contribution in [0, 0.1) is 11.8 Å². The van der Waals surface area contributed by atoms with Gasteiger partial charge in [0, 0.05) is 0 Å². The van der Waals surface area contributed by atoms with E-state index in [-0.39, 0.29) is 0 Å². The van der Waals surface area contributed by atoms with Gasteiger partial charge in [0.1, 0.15) is 0 Å². The third kappa shape index (κ3) is 22.2. The molecule has 0 unspecified atom stereocenters. The molecule has 0 spiro atoms. The fraction of sp³-hybridized carbons (Fsp3) is 1.00. The number of hydrogen-bond acceptors (Lipinski definition) is 2. The summed E-state index contributed by atoms with van der Waals surface area (Å²) < 4.78 is 22.8. The summed E-state index contributed by atoms with van der Waals surface area (Å²) in [4.78, 5) is 0. The van der Waals surface area contributed by atoms with Crippen molar-refractivity contribution in [2.24, 2.45) is 11.8 Å². The van der Waals surface area contributed by atoms with Gasteiger partial charge >= 0.3 is 268 Å². The van der Waals surface area contributed by atoms with Crippen LogP contribution in [0.1, 0.15) is 209 Å². The van der Waals surface area contributed by atoms with Gasteiger partial charge < -0.3 is 0 Å². The van der Waals surface area contributed by atoms with Gasteiger partial charge in [0.2, 0.25) is 0 Å². The molecule has 268 valence electrons. The van der Waals surface area contributed by atoms with Crippen LogP contribution in [-0.2, 0) is 8.88 Å². The summed E-state index contributed by atoms with van der Waals surface area (Å²) in [6.07, 6.45) is 38.9. The second kappa shape index (κ2) is 27.6.